The number of ether oxygens (including phenoxy) is 1. The highest BCUT2D eigenvalue weighted by Gasteiger charge is 2.22. The summed E-state index contributed by atoms with van der Waals surface area (Å²) in [5.41, 5.74) is 3.51. The van der Waals surface area contributed by atoms with Crippen molar-refractivity contribution >= 4 is 0 Å². The van der Waals surface area contributed by atoms with Crippen LogP contribution in [-0.4, -0.2) is 23.4 Å². The first-order valence-electron chi connectivity index (χ1n) is 6.71. The Balaban J connectivity index is 2.04. The normalized spacial score (nSPS) is 15.7. The monoisotopic (exact) mass is 257 g/mol. The Hall–Kier alpha value is -1.81. The van der Waals surface area contributed by atoms with E-state index in [1.54, 1.807) is 0 Å². The minimum atomic E-state index is 0.0780. The maximum absolute atomic E-state index is 5.89. The molecule has 2 heterocycles. The van der Waals surface area contributed by atoms with E-state index in [1.165, 1.54) is 11.1 Å². The van der Waals surface area contributed by atoms with Gasteiger partial charge < -0.3 is 10.1 Å². The highest BCUT2D eigenvalue weighted by Crippen LogP contribution is 2.34. The molecule has 100 valence electrons. The third kappa shape index (κ3) is 2.24. The third-order valence-corrected chi connectivity index (χ3v) is 3.59. The predicted octanol–water partition coefficient (Wildman–Crippen LogP) is 2.05. The van der Waals surface area contributed by atoms with Crippen molar-refractivity contribution in [2.45, 2.75) is 18.9 Å². The first-order valence-corrected chi connectivity index (χ1v) is 6.71. The minimum absolute atomic E-state index is 0.0780. The maximum Gasteiger partial charge on any atom is 0.127 e. The van der Waals surface area contributed by atoms with Crippen LogP contribution in [0.15, 0.2) is 30.5 Å². The molecule has 3 rings (SSSR count). The predicted molar refractivity (Wildman–Crippen MR) is 74.4 cm³/mol. The minimum Gasteiger partial charge on any atom is -0.493 e. The van der Waals surface area contributed by atoms with Gasteiger partial charge in [-0.2, -0.15) is 5.10 Å². The Morgan fingerprint density at radius 2 is 2.26 bits per heavy atom. The molecule has 0 aliphatic carbocycles. The molecule has 2 aromatic rings. The topological polar surface area (TPSA) is 39.1 Å². The zero-order chi connectivity index (χ0) is 13.2. The molecule has 19 heavy (non-hydrogen) atoms. The number of benzene rings is 1. The first kappa shape index (κ1) is 12.2. The van der Waals surface area contributed by atoms with Crippen LogP contribution >= 0.6 is 0 Å². The number of aryl methyl sites for hydroxylation is 2. The molecule has 1 atom stereocenters. The van der Waals surface area contributed by atoms with Crippen LogP contribution in [0, 0.1) is 0 Å². The second kappa shape index (κ2) is 5.05. The van der Waals surface area contributed by atoms with Crippen LogP contribution in [0.1, 0.15) is 29.3 Å². The molecule has 1 N–H and O–H groups in total. The third-order valence-electron chi connectivity index (χ3n) is 3.59. The summed E-state index contributed by atoms with van der Waals surface area (Å²) in [7, 11) is 3.90. The number of nitrogens with zero attached hydrogens (tertiary/aromatic N) is 2. The summed E-state index contributed by atoms with van der Waals surface area (Å²) in [6.45, 7) is 0.808. The lowest BCUT2D eigenvalue weighted by Crippen LogP contribution is -2.21. The van der Waals surface area contributed by atoms with Crippen molar-refractivity contribution in [3.63, 3.8) is 0 Å². The first-order chi connectivity index (χ1) is 9.29. The molecular weight excluding hydrogens is 238 g/mol. The highest BCUT2D eigenvalue weighted by atomic mass is 16.5. The van der Waals surface area contributed by atoms with Gasteiger partial charge in [-0.15, -0.1) is 0 Å². The van der Waals surface area contributed by atoms with E-state index in [0.717, 1.165) is 30.9 Å². The van der Waals surface area contributed by atoms with Gasteiger partial charge in [0.1, 0.15) is 5.75 Å². The summed E-state index contributed by atoms with van der Waals surface area (Å²) in [4.78, 5) is 0. The van der Waals surface area contributed by atoms with E-state index in [4.69, 9.17) is 4.74 Å². The smallest absolute Gasteiger partial charge is 0.127 e. The van der Waals surface area contributed by atoms with E-state index in [0.29, 0.717) is 0 Å². The molecule has 0 bridgehead atoms. The van der Waals surface area contributed by atoms with E-state index in [1.807, 2.05) is 31.0 Å². The van der Waals surface area contributed by atoms with Gasteiger partial charge in [-0.1, -0.05) is 18.2 Å². The number of nitrogens with one attached hydrogen (secondary N) is 1. The molecule has 1 aromatic heterocycles. The van der Waals surface area contributed by atoms with Gasteiger partial charge in [-0.25, -0.2) is 0 Å². The Labute approximate surface area is 113 Å². The second-order valence-corrected chi connectivity index (χ2v) is 4.92. The molecule has 1 aliphatic heterocycles. The van der Waals surface area contributed by atoms with Crippen LogP contribution in [0.4, 0.5) is 0 Å². The molecule has 0 amide bonds. The van der Waals surface area contributed by atoms with Crippen molar-refractivity contribution in [1.29, 1.82) is 0 Å². The van der Waals surface area contributed by atoms with Gasteiger partial charge in [0.05, 0.1) is 18.3 Å². The van der Waals surface area contributed by atoms with Gasteiger partial charge in [0, 0.05) is 18.8 Å². The van der Waals surface area contributed by atoms with Crippen LogP contribution in [0.2, 0.25) is 0 Å². The largest absolute Gasteiger partial charge is 0.493 e. The fourth-order valence-corrected chi connectivity index (χ4v) is 2.69. The summed E-state index contributed by atoms with van der Waals surface area (Å²) >= 11 is 0. The van der Waals surface area contributed by atoms with Crippen molar-refractivity contribution in [3.8, 4) is 5.75 Å². The quantitative estimate of drug-likeness (QED) is 0.914. The van der Waals surface area contributed by atoms with E-state index in [-0.39, 0.29) is 6.04 Å². The van der Waals surface area contributed by atoms with E-state index < -0.39 is 0 Å². The number of fused-ring (bicyclic) bond motifs is 1. The Morgan fingerprint density at radius 3 is 3.00 bits per heavy atom. The average Bonchev–Trinajstić information content (AvgIpc) is 2.86. The standard InChI is InChI=1S/C15H19N3O/c1-16-14(13-8-9-18(2)17-13)12-7-3-5-11-6-4-10-19-15(11)12/h3,5,7-9,14,16H,4,6,10H2,1-2H3. The molecule has 1 aromatic carbocycles. The van der Waals surface area contributed by atoms with Crippen LogP contribution < -0.4 is 10.1 Å². The summed E-state index contributed by atoms with van der Waals surface area (Å²) in [5.74, 6) is 1.04. The Bertz CT molecular complexity index is 577. The Kier molecular flexibility index (Phi) is 3.25. The maximum atomic E-state index is 5.89. The highest BCUT2D eigenvalue weighted by molar-refractivity contribution is 5.46. The number of hydrogen-bond acceptors (Lipinski definition) is 3. The van der Waals surface area contributed by atoms with E-state index in [9.17, 15) is 0 Å². The molecule has 4 heteroatoms. The van der Waals surface area contributed by atoms with Crippen molar-refractivity contribution in [2.75, 3.05) is 13.7 Å². The van der Waals surface area contributed by atoms with Crippen LogP contribution in [0.3, 0.4) is 0 Å². The molecule has 0 saturated heterocycles. The molecular formula is C15H19N3O. The average molecular weight is 257 g/mol. The zero-order valence-corrected chi connectivity index (χ0v) is 11.4. The number of hydrogen-bond donors (Lipinski definition) is 1. The summed E-state index contributed by atoms with van der Waals surface area (Å²) in [5, 5.41) is 7.85. The molecule has 1 aliphatic rings. The van der Waals surface area contributed by atoms with Crippen LogP contribution in [0.25, 0.3) is 0 Å². The van der Waals surface area contributed by atoms with Crippen molar-refractivity contribution in [2.24, 2.45) is 7.05 Å². The molecule has 0 spiro atoms. The lowest BCUT2D eigenvalue weighted by atomic mass is 9.96. The molecule has 0 saturated carbocycles. The number of para-hydroxylation sites is 1. The Morgan fingerprint density at radius 1 is 1.37 bits per heavy atom. The van der Waals surface area contributed by atoms with Gasteiger partial charge in [-0.05, 0) is 31.5 Å². The summed E-state index contributed by atoms with van der Waals surface area (Å²) in [6, 6.07) is 8.51. The van der Waals surface area contributed by atoms with Crippen molar-refractivity contribution < 1.29 is 4.74 Å². The summed E-state index contributed by atoms with van der Waals surface area (Å²) in [6.07, 6.45) is 4.17. The van der Waals surface area contributed by atoms with Gasteiger partial charge in [0.2, 0.25) is 0 Å². The van der Waals surface area contributed by atoms with Crippen LogP contribution in [0.5, 0.6) is 5.75 Å². The molecule has 4 nitrogen and oxygen atoms in total. The van der Waals surface area contributed by atoms with Crippen molar-refractivity contribution in [3.05, 3.63) is 47.3 Å². The lowest BCUT2D eigenvalue weighted by Gasteiger charge is -2.24. The van der Waals surface area contributed by atoms with E-state index in [2.05, 4.69) is 28.6 Å². The number of aromatic nitrogens is 2. The van der Waals surface area contributed by atoms with Gasteiger partial charge in [0.25, 0.3) is 0 Å². The summed E-state index contributed by atoms with van der Waals surface area (Å²) < 4.78 is 7.72. The van der Waals surface area contributed by atoms with Gasteiger partial charge in [0.15, 0.2) is 0 Å². The molecule has 1 unspecified atom stereocenters. The lowest BCUT2D eigenvalue weighted by molar-refractivity contribution is 0.283. The molecule has 0 fully saturated rings. The SMILES string of the molecule is CNC(c1ccn(C)n1)c1cccc2c1OCCC2. The van der Waals surface area contributed by atoms with Crippen LogP contribution in [-0.2, 0) is 13.5 Å². The zero-order valence-electron chi connectivity index (χ0n) is 11.4. The fourth-order valence-electron chi connectivity index (χ4n) is 2.69. The van der Waals surface area contributed by atoms with Crippen molar-refractivity contribution in [1.82, 2.24) is 15.1 Å². The second-order valence-electron chi connectivity index (χ2n) is 4.92. The van der Waals surface area contributed by atoms with Gasteiger partial charge >= 0.3 is 0 Å². The molecule has 0 radical (unpaired) electrons. The fraction of sp³-hybridized carbons (Fsp3) is 0.400. The number of rotatable bonds is 3. The van der Waals surface area contributed by atoms with Gasteiger partial charge in [-0.3, -0.25) is 4.68 Å². The van der Waals surface area contributed by atoms with E-state index >= 15 is 0 Å².